The van der Waals surface area contributed by atoms with Crippen molar-refractivity contribution in [2.45, 2.75) is 0 Å². The minimum absolute atomic E-state index is 0.281. The maximum atomic E-state index is 11.3. The molecule has 14 heavy (non-hydrogen) atoms. The number of para-hydroxylation sites is 1. The summed E-state index contributed by atoms with van der Waals surface area (Å²) in [5.41, 5.74) is 3.68. The van der Waals surface area contributed by atoms with Gasteiger partial charge in [0, 0.05) is 17.6 Å². The smallest absolute Gasteiger partial charge is 0.287 e. The van der Waals surface area contributed by atoms with E-state index in [9.17, 15) is 4.79 Å². The van der Waals surface area contributed by atoms with Gasteiger partial charge in [-0.05, 0) is 12.1 Å². The van der Waals surface area contributed by atoms with Crippen molar-refractivity contribution in [2.24, 2.45) is 5.10 Å². The maximum absolute atomic E-state index is 11.3. The van der Waals surface area contributed by atoms with E-state index in [0.717, 1.165) is 10.9 Å². The number of nitrogens with zero attached hydrogens (tertiary/aromatic N) is 1. The van der Waals surface area contributed by atoms with Gasteiger partial charge >= 0.3 is 0 Å². The van der Waals surface area contributed by atoms with Gasteiger partial charge in [0.05, 0.1) is 0 Å². The first-order chi connectivity index (χ1) is 6.81. The van der Waals surface area contributed by atoms with Crippen LogP contribution in [0.4, 0.5) is 0 Å². The van der Waals surface area contributed by atoms with Crippen LogP contribution in [0.2, 0.25) is 0 Å². The van der Waals surface area contributed by atoms with E-state index in [1.165, 1.54) is 0 Å². The van der Waals surface area contributed by atoms with Crippen molar-refractivity contribution in [3.63, 3.8) is 0 Å². The summed E-state index contributed by atoms with van der Waals surface area (Å²) in [6.45, 7) is 3.18. The fourth-order valence-electron chi connectivity index (χ4n) is 1.33. The first-order valence-corrected chi connectivity index (χ1v) is 4.15. The second-order valence-electron chi connectivity index (χ2n) is 2.87. The lowest BCUT2D eigenvalue weighted by Gasteiger charge is -1.92. The van der Waals surface area contributed by atoms with Crippen LogP contribution in [0.15, 0.2) is 35.4 Å². The van der Waals surface area contributed by atoms with Gasteiger partial charge in [0.15, 0.2) is 0 Å². The number of hydrogen-bond acceptors (Lipinski definition) is 2. The lowest BCUT2D eigenvalue weighted by atomic mass is 10.2. The van der Waals surface area contributed by atoms with Gasteiger partial charge in [-0.2, -0.15) is 5.10 Å². The van der Waals surface area contributed by atoms with Gasteiger partial charge < -0.3 is 4.98 Å². The predicted molar refractivity (Wildman–Crippen MR) is 55.3 cm³/mol. The summed E-state index contributed by atoms with van der Waals surface area (Å²) in [6, 6.07) is 9.45. The lowest BCUT2D eigenvalue weighted by Crippen LogP contribution is -2.16. The van der Waals surface area contributed by atoms with Crippen LogP contribution in [-0.4, -0.2) is 17.6 Å². The molecule has 0 aliphatic heterocycles. The molecule has 0 spiro atoms. The fraction of sp³-hybridized carbons (Fsp3) is 0. The Morgan fingerprint density at radius 1 is 1.43 bits per heavy atom. The van der Waals surface area contributed by atoms with Gasteiger partial charge in [0.25, 0.3) is 5.91 Å². The number of hydrazone groups is 1. The van der Waals surface area contributed by atoms with Gasteiger partial charge in [0.2, 0.25) is 0 Å². The molecule has 0 radical (unpaired) electrons. The third-order valence-electron chi connectivity index (χ3n) is 1.96. The van der Waals surface area contributed by atoms with Crippen molar-refractivity contribution in [3.8, 4) is 0 Å². The van der Waals surface area contributed by atoms with E-state index < -0.39 is 0 Å². The van der Waals surface area contributed by atoms with E-state index in [1.54, 1.807) is 6.07 Å². The van der Waals surface area contributed by atoms with Crippen LogP contribution < -0.4 is 5.43 Å². The highest BCUT2D eigenvalue weighted by atomic mass is 16.2. The number of carbonyl (C=O) groups is 1. The second-order valence-corrected chi connectivity index (χ2v) is 2.87. The highest BCUT2D eigenvalue weighted by molar-refractivity contribution is 5.97. The minimum atomic E-state index is -0.281. The van der Waals surface area contributed by atoms with Gasteiger partial charge in [-0.3, -0.25) is 4.79 Å². The van der Waals surface area contributed by atoms with Crippen molar-refractivity contribution in [3.05, 3.63) is 36.0 Å². The zero-order valence-electron chi connectivity index (χ0n) is 7.45. The van der Waals surface area contributed by atoms with Crippen molar-refractivity contribution in [2.75, 3.05) is 0 Å². The monoisotopic (exact) mass is 187 g/mol. The molecule has 0 saturated carbocycles. The van der Waals surface area contributed by atoms with E-state index in [-0.39, 0.29) is 5.91 Å². The molecule has 70 valence electrons. The molecule has 0 fully saturated rings. The number of rotatable bonds is 2. The minimum Gasteiger partial charge on any atom is -0.350 e. The van der Waals surface area contributed by atoms with Crippen molar-refractivity contribution >= 4 is 23.5 Å². The molecule has 0 saturated heterocycles. The third kappa shape index (κ3) is 1.37. The van der Waals surface area contributed by atoms with Gasteiger partial charge in [-0.25, -0.2) is 5.43 Å². The number of aromatic amines is 1. The summed E-state index contributed by atoms with van der Waals surface area (Å²) in [5, 5.41) is 4.31. The average Bonchev–Trinajstić information content (AvgIpc) is 2.61. The Labute approximate surface area is 80.6 Å². The quantitative estimate of drug-likeness (QED) is 0.543. The Morgan fingerprint density at radius 2 is 2.21 bits per heavy atom. The Kier molecular flexibility index (Phi) is 2.02. The Bertz CT molecular complexity index is 454. The number of benzene rings is 1. The zero-order chi connectivity index (χ0) is 9.97. The molecular formula is C10H9N3O. The van der Waals surface area contributed by atoms with Crippen molar-refractivity contribution < 1.29 is 4.79 Å². The first kappa shape index (κ1) is 8.50. The van der Waals surface area contributed by atoms with Crippen molar-refractivity contribution in [1.29, 1.82) is 0 Å². The number of carbonyl (C=O) groups excluding carboxylic acids is 1. The molecule has 4 heteroatoms. The second kappa shape index (κ2) is 3.33. The zero-order valence-corrected chi connectivity index (χ0v) is 7.45. The maximum Gasteiger partial charge on any atom is 0.287 e. The highest BCUT2D eigenvalue weighted by Crippen LogP contribution is 2.14. The normalized spacial score (nSPS) is 10.0. The molecule has 2 N–H and O–H groups in total. The number of amides is 1. The topological polar surface area (TPSA) is 57.2 Å². The summed E-state index contributed by atoms with van der Waals surface area (Å²) < 4.78 is 0. The lowest BCUT2D eigenvalue weighted by molar-refractivity contribution is 0.0951. The fourth-order valence-corrected chi connectivity index (χ4v) is 1.33. The van der Waals surface area contributed by atoms with Crippen LogP contribution in [0.1, 0.15) is 10.5 Å². The molecule has 0 aliphatic rings. The standard InChI is InChI=1S/C10H9N3O/c1-11-13-10(14)9-6-7-4-2-3-5-8(7)12-9/h2-6,12H,1H2,(H,13,14). The average molecular weight is 187 g/mol. The summed E-state index contributed by atoms with van der Waals surface area (Å²) in [5.74, 6) is -0.281. The van der Waals surface area contributed by atoms with Crippen LogP contribution in [0.25, 0.3) is 10.9 Å². The molecule has 1 amide bonds. The number of H-pyrrole nitrogens is 1. The molecule has 1 heterocycles. The molecule has 0 aliphatic carbocycles. The summed E-state index contributed by atoms with van der Waals surface area (Å²) in [6.07, 6.45) is 0. The molecule has 1 aromatic carbocycles. The molecular weight excluding hydrogens is 178 g/mol. The molecule has 2 rings (SSSR count). The third-order valence-corrected chi connectivity index (χ3v) is 1.96. The van der Waals surface area contributed by atoms with Gasteiger partial charge in [-0.15, -0.1) is 0 Å². The largest absolute Gasteiger partial charge is 0.350 e. The molecule has 2 aromatic rings. The number of aromatic nitrogens is 1. The molecule has 4 nitrogen and oxygen atoms in total. The van der Waals surface area contributed by atoms with Crippen LogP contribution in [0, 0.1) is 0 Å². The predicted octanol–water partition coefficient (Wildman–Crippen LogP) is 1.51. The van der Waals surface area contributed by atoms with E-state index in [2.05, 4.69) is 22.2 Å². The van der Waals surface area contributed by atoms with Gasteiger partial charge in [-0.1, -0.05) is 18.2 Å². The molecule has 0 unspecified atom stereocenters. The Balaban J connectivity index is 2.44. The van der Waals surface area contributed by atoms with Crippen LogP contribution in [0.5, 0.6) is 0 Å². The van der Waals surface area contributed by atoms with Gasteiger partial charge in [0.1, 0.15) is 5.69 Å². The summed E-state index contributed by atoms with van der Waals surface area (Å²) in [7, 11) is 0. The van der Waals surface area contributed by atoms with E-state index in [1.807, 2.05) is 24.3 Å². The van der Waals surface area contributed by atoms with Crippen LogP contribution in [0.3, 0.4) is 0 Å². The first-order valence-electron chi connectivity index (χ1n) is 4.15. The number of fused-ring (bicyclic) bond motifs is 1. The molecule has 0 bridgehead atoms. The summed E-state index contributed by atoms with van der Waals surface area (Å²) >= 11 is 0. The summed E-state index contributed by atoms with van der Waals surface area (Å²) in [4.78, 5) is 14.3. The van der Waals surface area contributed by atoms with E-state index in [4.69, 9.17) is 0 Å². The Morgan fingerprint density at radius 3 is 2.93 bits per heavy atom. The number of hydrogen-bond donors (Lipinski definition) is 2. The van der Waals surface area contributed by atoms with Crippen molar-refractivity contribution in [1.82, 2.24) is 10.4 Å². The number of nitrogens with one attached hydrogen (secondary N) is 2. The van der Waals surface area contributed by atoms with Crippen LogP contribution in [-0.2, 0) is 0 Å². The highest BCUT2D eigenvalue weighted by Gasteiger charge is 2.07. The van der Waals surface area contributed by atoms with E-state index >= 15 is 0 Å². The molecule has 0 atom stereocenters. The van der Waals surface area contributed by atoms with Crippen LogP contribution >= 0.6 is 0 Å². The molecule has 1 aromatic heterocycles. The Hall–Kier alpha value is -2.10. The SMILES string of the molecule is C=NNC(=O)c1cc2ccccc2[nH]1. The van der Waals surface area contributed by atoms with E-state index in [0.29, 0.717) is 5.69 Å².